The number of aliphatic hydroxyl groups is 1. The van der Waals surface area contributed by atoms with Gasteiger partial charge in [0.2, 0.25) is 11.8 Å². The topological polar surface area (TPSA) is 87.2 Å². The van der Waals surface area contributed by atoms with Crippen molar-refractivity contribution in [1.29, 1.82) is 0 Å². The number of benzene rings is 1. The average molecular weight is 566 g/mol. The van der Waals surface area contributed by atoms with E-state index in [1.807, 2.05) is 30.3 Å². The number of esters is 1. The van der Waals surface area contributed by atoms with E-state index in [0.29, 0.717) is 38.9 Å². The fourth-order valence-corrected chi connectivity index (χ4v) is 9.51. The van der Waals surface area contributed by atoms with Crippen LogP contribution in [0.2, 0.25) is 0 Å². The summed E-state index contributed by atoms with van der Waals surface area (Å²) in [6.45, 7) is 7.03. The lowest BCUT2D eigenvalue weighted by Crippen LogP contribution is -2.55. The highest BCUT2D eigenvalue weighted by Gasteiger charge is 2.76. The third kappa shape index (κ3) is 4.67. The van der Waals surface area contributed by atoms with Gasteiger partial charge in [-0.15, -0.1) is 18.3 Å². The first-order valence-electron chi connectivity index (χ1n) is 12.2. The first kappa shape index (κ1) is 26.2. The van der Waals surface area contributed by atoms with E-state index in [2.05, 4.69) is 22.5 Å². The zero-order valence-corrected chi connectivity index (χ0v) is 22.4. The van der Waals surface area contributed by atoms with Crippen molar-refractivity contribution in [2.24, 2.45) is 11.8 Å². The number of likely N-dealkylation sites (tertiary alicyclic amines) is 1. The molecule has 1 aromatic carbocycles. The van der Waals surface area contributed by atoms with Crippen molar-refractivity contribution in [2.75, 3.05) is 26.3 Å². The van der Waals surface area contributed by atoms with Gasteiger partial charge in [0.05, 0.1) is 23.2 Å². The molecule has 0 radical (unpaired) electrons. The highest BCUT2D eigenvalue weighted by Crippen LogP contribution is 2.68. The van der Waals surface area contributed by atoms with Gasteiger partial charge in [0.1, 0.15) is 6.04 Å². The highest BCUT2D eigenvalue weighted by atomic mass is 79.9. The number of halogens is 1. The van der Waals surface area contributed by atoms with E-state index in [9.17, 15) is 19.5 Å². The van der Waals surface area contributed by atoms with E-state index in [0.717, 1.165) is 5.56 Å². The molecule has 9 heteroatoms. The van der Waals surface area contributed by atoms with Crippen LogP contribution in [0.1, 0.15) is 31.7 Å². The highest BCUT2D eigenvalue weighted by molar-refractivity contribution is 9.09. The van der Waals surface area contributed by atoms with Gasteiger partial charge < -0.3 is 19.6 Å². The maximum Gasteiger partial charge on any atom is 0.310 e. The molecule has 0 aromatic heterocycles. The SMILES string of the molecule is C=CCN(Cc1ccccc1)C(=O)C1N(CCCCO)C(=O)[C@@H]2[C@H](C(=O)OCC)[C@H]3SC12CC3Br. The Labute approximate surface area is 219 Å². The number of rotatable bonds is 11. The summed E-state index contributed by atoms with van der Waals surface area (Å²) in [5.41, 5.74) is 0.999. The Balaban J connectivity index is 1.72. The number of thioether (sulfide) groups is 1. The van der Waals surface area contributed by atoms with Gasteiger partial charge >= 0.3 is 5.97 Å². The zero-order chi connectivity index (χ0) is 25.2. The first-order valence-corrected chi connectivity index (χ1v) is 14.0. The number of amides is 2. The van der Waals surface area contributed by atoms with Gasteiger partial charge in [-0.05, 0) is 31.7 Å². The lowest BCUT2D eigenvalue weighted by molar-refractivity contribution is -0.153. The summed E-state index contributed by atoms with van der Waals surface area (Å²) in [7, 11) is 0. The van der Waals surface area contributed by atoms with Gasteiger partial charge in [0, 0.05) is 36.3 Å². The van der Waals surface area contributed by atoms with E-state index < -0.39 is 22.6 Å². The molecule has 0 saturated carbocycles. The molecule has 0 aliphatic carbocycles. The molecule has 3 unspecified atom stereocenters. The summed E-state index contributed by atoms with van der Waals surface area (Å²) >= 11 is 5.37. The molecular formula is C26H33BrN2O5S. The van der Waals surface area contributed by atoms with Crippen molar-refractivity contribution < 1.29 is 24.2 Å². The standard InChI is InChI=1S/C26H33BrN2O5S/c1-3-12-28(16-17-10-6-5-7-11-17)24(32)22-26-15-18(27)21(35-26)19(25(33)34-4-2)20(26)23(31)29(22)13-8-9-14-30/h3,5-7,10-11,18-22,30H,1,4,8-9,12-16H2,2H3/t18?,19-,20-,21-,22?,26?/m0/s1. The summed E-state index contributed by atoms with van der Waals surface area (Å²) in [5.74, 6) is -1.79. The molecule has 35 heavy (non-hydrogen) atoms. The molecule has 7 nitrogen and oxygen atoms in total. The number of carbonyl (C=O) groups excluding carboxylic acids is 3. The molecule has 1 spiro atoms. The van der Waals surface area contributed by atoms with E-state index in [1.54, 1.807) is 34.6 Å². The minimum absolute atomic E-state index is 0.0145. The predicted octanol–water partition coefficient (Wildman–Crippen LogP) is 3.00. The predicted molar refractivity (Wildman–Crippen MR) is 139 cm³/mol. The van der Waals surface area contributed by atoms with Crippen LogP contribution in [0.5, 0.6) is 0 Å². The second-order valence-corrected chi connectivity index (χ2v) is 12.1. The summed E-state index contributed by atoms with van der Waals surface area (Å²) in [6.07, 6.45) is 3.47. The van der Waals surface area contributed by atoms with E-state index in [4.69, 9.17) is 4.74 Å². The summed E-state index contributed by atoms with van der Waals surface area (Å²) in [6, 6.07) is 9.08. The third-order valence-electron chi connectivity index (χ3n) is 7.27. The molecule has 190 valence electrons. The fraction of sp³-hybridized carbons (Fsp3) is 0.577. The molecule has 3 aliphatic rings. The quantitative estimate of drug-likeness (QED) is 0.192. The third-order valence-corrected chi connectivity index (χ3v) is 10.5. The molecule has 3 heterocycles. The van der Waals surface area contributed by atoms with Crippen LogP contribution in [-0.2, 0) is 25.7 Å². The van der Waals surface area contributed by atoms with Crippen molar-refractivity contribution in [2.45, 2.75) is 53.6 Å². The lowest BCUT2D eigenvalue weighted by atomic mass is 9.71. The van der Waals surface area contributed by atoms with Crippen LogP contribution in [0.25, 0.3) is 0 Å². The minimum atomic E-state index is -0.695. The van der Waals surface area contributed by atoms with E-state index >= 15 is 0 Å². The smallest absolute Gasteiger partial charge is 0.310 e. The lowest BCUT2D eigenvalue weighted by Gasteiger charge is -2.38. The molecule has 2 amide bonds. The Morgan fingerprint density at radius 2 is 2.09 bits per heavy atom. The number of nitrogens with zero attached hydrogens (tertiary/aromatic N) is 2. The van der Waals surface area contributed by atoms with Gasteiger partial charge in [-0.2, -0.15) is 0 Å². The maximum absolute atomic E-state index is 14.3. The number of unbranched alkanes of at least 4 members (excludes halogenated alkanes) is 1. The Morgan fingerprint density at radius 3 is 2.74 bits per heavy atom. The molecule has 4 rings (SSSR count). The number of ether oxygens (including phenoxy) is 1. The van der Waals surface area contributed by atoms with Crippen LogP contribution >= 0.6 is 27.7 Å². The Kier molecular flexibility index (Phi) is 8.28. The Bertz CT molecular complexity index is 962. The zero-order valence-electron chi connectivity index (χ0n) is 20.0. The second kappa shape index (κ2) is 11.0. The second-order valence-electron chi connectivity index (χ2n) is 9.37. The average Bonchev–Trinajstić information content (AvgIpc) is 3.43. The van der Waals surface area contributed by atoms with Gasteiger partial charge in [0.15, 0.2) is 0 Å². The Morgan fingerprint density at radius 1 is 1.34 bits per heavy atom. The molecule has 3 aliphatic heterocycles. The van der Waals surface area contributed by atoms with Crippen LogP contribution in [0.3, 0.4) is 0 Å². The normalized spacial score (nSPS) is 30.9. The van der Waals surface area contributed by atoms with Gasteiger partial charge in [-0.25, -0.2) is 0 Å². The van der Waals surface area contributed by atoms with Crippen LogP contribution < -0.4 is 0 Å². The van der Waals surface area contributed by atoms with Gasteiger partial charge in [-0.3, -0.25) is 14.4 Å². The van der Waals surface area contributed by atoms with Crippen LogP contribution in [-0.4, -0.2) is 79.9 Å². The summed E-state index contributed by atoms with van der Waals surface area (Å²) in [4.78, 5) is 44.6. The molecule has 1 aromatic rings. The van der Waals surface area contributed by atoms with Gasteiger partial charge in [0.25, 0.3) is 0 Å². The number of hydrogen-bond acceptors (Lipinski definition) is 6. The number of carbonyl (C=O) groups is 3. The Hall–Kier alpha value is -1.84. The van der Waals surface area contributed by atoms with Crippen molar-refractivity contribution in [1.82, 2.24) is 9.80 Å². The monoisotopic (exact) mass is 564 g/mol. The van der Waals surface area contributed by atoms with Crippen molar-refractivity contribution in [3.05, 3.63) is 48.6 Å². The molecular weight excluding hydrogens is 532 g/mol. The fourth-order valence-electron chi connectivity index (χ4n) is 5.92. The van der Waals surface area contributed by atoms with Crippen LogP contribution in [0.4, 0.5) is 0 Å². The molecule has 1 N–H and O–H groups in total. The molecule has 6 atom stereocenters. The number of hydrogen-bond donors (Lipinski definition) is 1. The van der Waals surface area contributed by atoms with Crippen molar-refractivity contribution >= 4 is 45.5 Å². The van der Waals surface area contributed by atoms with Crippen molar-refractivity contribution in [3.63, 3.8) is 0 Å². The molecule has 3 saturated heterocycles. The number of alkyl halides is 1. The van der Waals surface area contributed by atoms with Crippen molar-refractivity contribution in [3.8, 4) is 0 Å². The first-order chi connectivity index (χ1) is 16.9. The number of fused-ring (bicyclic) bond motifs is 1. The number of aliphatic hydroxyl groups excluding tert-OH is 1. The summed E-state index contributed by atoms with van der Waals surface area (Å²) in [5, 5.41) is 9.20. The minimum Gasteiger partial charge on any atom is -0.466 e. The van der Waals surface area contributed by atoms with E-state index in [1.165, 1.54) is 0 Å². The summed E-state index contributed by atoms with van der Waals surface area (Å²) < 4.78 is 4.69. The van der Waals surface area contributed by atoms with E-state index in [-0.39, 0.29) is 41.1 Å². The van der Waals surface area contributed by atoms with Gasteiger partial charge in [-0.1, -0.05) is 52.3 Å². The van der Waals surface area contributed by atoms with Crippen LogP contribution in [0.15, 0.2) is 43.0 Å². The molecule has 3 fully saturated rings. The largest absolute Gasteiger partial charge is 0.466 e. The maximum atomic E-state index is 14.3. The molecule has 2 bridgehead atoms. The van der Waals surface area contributed by atoms with Crippen LogP contribution in [0, 0.1) is 11.8 Å².